The number of sulfonamides is 1. The second kappa shape index (κ2) is 4.55. The summed E-state index contributed by atoms with van der Waals surface area (Å²) in [6.07, 6.45) is 6.59. The van der Waals surface area contributed by atoms with Gasteiger partial charge in [-0.1, -0.05) is 24.4 Å². The molecular weight excluding hydrogens is 260 g/mol. The second-order valence-corrected chi connectivity index (χ2v) is 6.74. The fourth-order valence-corrected chi connectivity index (χ4v) is 4.09. The summed E-state index contributed by atoms with van der Waals surface area (Å²) in [7, 11) is -3.58. The smallest absolute Gasteiger partial charge is 0.244 e. The maximum absolute atomic E-state index is 12.2. The van der Waals surface area contributed by atoms with Gasteiger partial charge in [0.05, 0.1) is 5.02 Å². The summed E-state index contributed by atoms with van der Waals surface area (Å²) in [6, 6.07) is 1.48. The van der Waals surface area contributed by atoms with Gasteiger partial charge in [0.15, 0.2) is 0 Å². The van der Waals surface area contributed by atoms with Crippen molar-refractivity contribution in [2.45, 2.75) is 43.0 Å². The minimum atomic E-state index is -3.58. The summed E-state index contributed by atoms with van der Waals surface area (Å²) >= 11 is 5.88. The molecule has 0 amide bonds. The first kappa shape index (κ1) is 12.8. The Morgan fingerprint density at radius 3 is 2.65 bits per heavy atom. The Kier molecular flexibility index (Phi) is 3.43. The Bertz CT molecular complexity index is 510. The van der Waals surface area contributed by atoms with E-state index < -0.39 is 10.0 Å². The van der Waals surface area contributed by atoms with Gasteiger partial charge in [-0.25, -0.2) is 13.1 Å². The van der Waals surface area contributed by atoms with E-state index in [1.165, 1.54) is 18.5 Å². The van der Waals surface area contributed by atoms with E-state index in [1.54, 1.807) is 0 Å². The van der Waals surface area contributed by atoms with Gasteiger partial charge in [0.25, 0.3) is 0 Å². The van der Waals surface area contributed by atoms with E-state index in [2.05, 4.69) is 9.71 Å². The molecular formula is C11H15ClN2O2S. The third kappa shape index (κ3) is 2.78. The fraction of sp³-hybridized carbons (Fsp3) is 0.545. The van der Waals surface area contributed by atoms with Crippen molar-refractivity contribution >= 4 is 21.6 Å². The van der Waals surface area contributed by atoms with Gasteiger partial charge >= 0.3 is 0 Å². The molecule has 6 heteroatoms. The normalized spacial score (nSPS) is 19.4. The van der Waals surface area contributed by atoms with Gasteiger partial charge in [-0.15, -0.1) is 0 Å². The molecule has 4 nitrogen and oxygen atoms in total. The van der Waals surface area contributed by atoms with Crippen molar-refractivity contribution in [2.24, 2.45) is 0 Å². The number of halogens is 1. The van der Waals surface area contributed by atoms with Gasteiger partial charge in [0.2, 0.25) is 10.0 Å². The predicted molar refractivity (Wildman–Crippen MR) is 66.4 cm³/mol. The van der Waals surface area contributed by atoms with Gasteiger partial charge in [-0.3, -0.25) is 4.98 Å². The van der Waals surface area contributed by atoms with E-state index in [0.717, 1.165) is 25.7 Å². The third-order valence-corrected chi connectivity index (χ3v) is 5.22. The SMILES string of the molecule is CC1(NS(=O)(=O)c2cnccc2Cl)CCCC1. The van der Waals surface area contributed by atoms with Crippen LogP contribution in [0, 0.1) is 0 Å². The lowest BCUT2D eigenvalue weighted by atomic mass is 10.0. The summed E-state index contributed by atoms with van der Waals surface area (Å²) < 4.78 is 27.1. The molecule has 17 heavy (non-hydrogen) atoms. The molecule has 2 rings (SSSR count). The van der Waals surface area contributed by atoms with Crippen molar-refractivity contribution in [3.8, 4) is 0 Å². The Hall–Kier alpha value is -0.650. The van der Waals surface area contributed by atoms with E-state index >= 15 is 0 Å². The maximum Gasteiger partial charge on any atom is 0.244 e. The number of hydrogen-bond donors (Lipinski definition) is 1. The molecule has 0 aliphatic heterocycles. The van der Waals surface area contributed by atoms with Crippen molar-refractivity contribution in [1.29, 1.82) is 0 Å². The van der Waals surface area contributed by atoms with Crippen LogP contribution in [0.1, 0.15) is 32.6 Å². The van der Waals surface area contributed by atoms with E-state index in [1.807, 2.05) is 6.92 Å². The molecule has 1 aliphatic rings. The highest BCUT2D eigenvalue weighted by molar-refractivity contribution is 7.89. The fourth-order valence-electron chi connectivity index (χ4n) is 2.20. The largest absolute Gasteiger partial charge is 0.263 e. The molecule has 1 N–H and O–H groups in total. The van der Waals surface area contributed by atoms with Crippen LogP contribution in [0.15, 0.2) is 23.4 Å². The van der Waals surface area contributed by atoms with Crippen LogP contribution in [0.25, 0.3) is 0 Å². The topological polar surface area (TPSA) is 59.1 Å². The zero-order valence-corrected chi connectivity index (χ0v) is 11.2. The Labute approximate surface area is 106 Å². The lowest BCUT2D eigenvalue weighted by Gasteiger charge is -2.24. The van der Waals surface area contributed by atoms with Crippen LogP contribution in [0.2, 0.25) is 5.02 Å². The van der Waals surface area contributed by atoms with Gasteiger partial charge in [-0.05, 0) is 25.8 Å². The number of aromatic nitrogens is 1. The zero-order valence-electron chi connectivity index (χ0n) is 9.61. The highest BCUT2D eigenvalue weighted by Gasteiger charge is 2.34. The molecule has 0 atom stereocenters. The zero-order chi connectivity index (χ0) is 12.5. The van der Waals surface area contributed by atoms with Crippen molar-refractivity contribution in [3.05, 3.63) is 23.5 Å². The van der Waals surface area contributed by atoms with E-state index in [9.17, 15) is 8.42 Å². The minimum Gasteiger partial charge on any atom is -0.263 e. The number of nitrogens with one attached hydrogen (secondary N) is 1. The van der Waals surface area contributed by atoms with Gasteiger partial charge in [-0.2, -0.15) is 0 Å². The van der Waals surface area contributed by atoms with Crippen molar-refractivity contribution in [3.63, 3.8) is 0 Å². The van der Waals surface area contributed by atoms with Crippen LogP contribution in [0.3, 0.4) is 0 Å². The quantitative estimate of drug-likeness (QED) is 0.920. The Morgan fingerprint density at radius 1 is 1.41 bits per heavy atom. The van der Waals surface area contributed by atoms with Crippen LogP contribution in [0.4, 0.5) is 0 Å². The molecule has 1 fully saturated rings. The third-order valence-electron chi connectivity index (χ3n) is 3.11. The summed E-state index contributed by atoms with van der Waals surface area (Å²) in [5.41, 5.74) is -0.349. The molecule has 94 valence electrons. The molecule has 0 saturated heterocycles. The van der Waals surface area contributed by atoms with Crippen molar-refractivity contribution in [2.75, 3.05) is 0 Å². The molecule has 0 radical (unpaired) electrons. The first-order valence-corrected chi connectivity index (χ1v) is 7.43. The first-order chi connectivity index (χ1) is 7.93. The first-order valence-electron chi connectivity index (χ1n) is 5.56. The second-order valence-electron chi connectivity index (χ2n) is 4.68. The molecule has 1 aromatic rings. The minimum absolute atomic E-state index is 0.0507. The predicted octanol–water partition coefficient (Wildman–Crippen LogP) is 2.35. The van der Waals surface area contributed by atoms with Crippen molar-refractivity contribution in [1.82, 2.24) is 9.71 Å². The standard InChI is InChI=1S/C11H15ClN2O2S/c1-11(5-2-3-6-11)14-17(15,16)10-8-13-7-4-9(10)12/h4,7-8,14H,2-3,5-6H2,1H3. The molecule has 0 bridgehead atoms. The average Bonchev–Trinajstić information content (AvgIpc) is 2.64. The molecule has 1 aromatic heterocycles. The van der Waals surface area contributed by atoms with Gasteiger partial charge < -0.3 is 0 Å². The van der Waals surface area contributed by atoms with Crippen LogP contribution in [-0.4, -0.2) is 18.9 Å². The highest BCUT2D eigenvalue weighted by Crippen LogP contribution is 2.31. The molecule has 0 spiro atoms. The van der Waals surface area contributed by atoms with E-state index in [4.69, 9.17) is 11.6 Å². The molecule has 0 aromatic carbocycles. The summed E-state index contributed by atoms with van der Waals surface area (Å²) in [5.74, 6) is 0. The lowest BCUT2D eigenvalue weighted by Crippen LogP contribution is -2.43. The van der Waals surface area contributed by atoms with Crippen LogP contribution < -0.4 is 4.72 Å². The number of hydrogen-bond acceptors (Lipinski definition) is 3. The van der Waals surface area contributed by atoms with E-state index in [0.29, 0.717) is 0 Å². The Morgan fingerprint density at radius 2 is 2.06 bits per heavy atom. The van der Waals surface area contributed by atoms with Crippen LogP contribution >= 0.6 is 11.6 Å². The summed E-state index contributed by atoms with van der Waals surface area (Å²) in [4.78, 5) is 3.86. The summed E-state index contributed by atoms with van der Waals surface area (Å²) in [6.45, 7) is 1.93. The maximum atomic E-state index is 12.2. The lowest BCUT2D eigenvalue weighted by molar-refractivity contribution is 0.427. The van der Waals surface area contributed by atoms with Crippen LogP contribution in [0.5, 0.6) is 0 Å². The van der Waals surface area contributed by atoms with E-state index in [-0.39, 0.29) is 15.5 Å². The number of pyridine rings is 1. The van der Waals surface area contributed by atoms with Gasteiger partial charge in [0.1, 0.15) is 4.90 Å². The molecule has 1 saturated carbocycles. The Balaban J connectivity index is 2.28. The highest BCUT2D eigenvalue weighted by atomic mass is 35.5. The number of rotatable bonds is 3. The van der Waals surface area contributed by atoms with Crippen molar-refractivity contribution < 1.29 is 8.42 Å². The van der Waals surface area contributed by atoms with Gasteiger partial charge in [0, 0.05) is 17.9 Å². The molecule has 1 heterocycles. The molecule has 0 unspecified atom stereocenters. The number of nitrogens with zero attached hydrogens (tertiary/aromatic N) is 1. The van der Waals surface area contributed by atoms with Crippen LogP contribution in [-0.2, 0) is 10.0 Å². The molecule has 1 aliphatic carbocycles. The summed E-state index contributed by atoms with van der Waals surface area (Å²) in [5, 5.41) is 0.203. The average molecular weight is 275 g/mol. The monoisotopic (exact) mass is 274 g/mol.